The number of aliphatic carboxylic acids is 1. The lowest BCUT2D eigenvalue weighted by atomic mass is 9.86. The Bertz CT molecular complexity index is 448. The van der Waals surface area contributed by atoms with Crippen LogP contribution in [0, 0.1) is 6.92 Å². The van der Waals surface area contributed by atoms with Gasteiger partial charge in [-0.05, 0) is 24.1 Å². The van der Waals surface area contributed by atoms with Crippen molar-refractivity contribution in [2.45, 2.75) is 19.3 Å². The van der Waals surface area contributed by atoms with E-state index in [1.165, 1.54) is 0 Å². The summed E-state index contributed by atoms with van der Waals surface area (Å²) in [6, 6.07) is 5.84. The molecule has 0 radical (unpaired) electrons. The van der Waals surface area contributed by atoms with Crippen molar-refractivity contribution >= 4 is 5.97 Å². The van der Waals surface area contributed by atoms with Gasteiger partial charge in [0.2, 0.25) is 0 Å². The van der Waals surface area contributed by atoms with Crippen LogP contribution < -0.4 is 4.74 Å². The largest absolute Gasteiger partial charge is 0.489 e. The minimum Gasteiger partial charge on any atom is -0.489 e. The zero-order valence-corrected chi connectivity index (χ0v) is 9.19. The van der Waals surface area contributed by atoms with E-state index in [-0.39, 0.29) is 12.3 Å². The molecule has 1 unspecified atom stereocenters. The number of fused-ring (bicyclic) bond motifs is 1. The maximum Gasteiger partial charge on any atom is 0.304 e. The smallest absolute Gasteiger partial charge is 0.304 e. The van der Waals surface area contributed by atoms with E-state index in [2.05, 4.69) is 6.58 Å². The number of hydrogen-bond acceptors (Lipinski definition) is 2. The maximum atomic E-state index is 10.8. The molecule has 2 rings (SSSR count). The van der Waals surface area contributed by atoms with Crippen molar-refractivity contribution in [3.05, 3.63) is 41.5 Å². The molecule has 0 saturated heterocycles. The first-order valence-electron chi connectivity index (χ1n) is 5.20. The van der Waals surface area contributed by atoms with Gasteiger partial charge in [0.1, 0.15) is 12.4 Å². The average molecular weight is 218 g/mol. The SMILES string of the molecule is C=C1COc2cc(C)ccc2C1CC(=O)O. The van der Waals surface area contributed by atoms with E-state index in [9.17, 15) is 4.79 Å². The second-order valence-corrected chi connectivity index (χ2v) is 4.14. The van der Waals surface area contributed by atoms with E-state index in [1.807, 2.05) is 25.1 Å². The minimum atomic E-state index is -0.806. The summed E-state index contributed by atoms with van der Waals surface area (Å²) in [6.07, 6.45) is 0.0816. The van der Waals surface area contributed by atoms with Crippen LogP contribution in [0.4, 0.5) is 0 Å². The lowest BCUT2D eigenvalue weighted by Crippen LogP contribution is -2.19. The first-order chi connectivity index (χ1) is 7.58. The predicted octanol–water partition coefficient (Wildman–Crippen LogP) is 2.50. The van der Waals surface area contributed by atoms with Crippen LogP contribution in [-0.2, 0) is 4.79 Å². The highest BCUT2D eigenvalue weighted by atomic mass is 16.5. The lowest BCUT2D eigenvalue weighted by molar-refractivity contribution is -0.137. The van der Waals surface area contributed by atoms with Gasteiger partial charge in [0.15, 0.2) is 0 Å². The predicted molar refractivity (Wildman–Crippen MR) is 60.8 cm³/mol. The van der Waals surface area contributed by atoms with Crippen molar-refractivity contribution in [1.82, 2.24) is 0 Å². The molecule has 3 heteroatoms. The molecule has 1 heterocycles. The second kappa shape index (κ2) is 4.00. The molecular weight excluding hydrogens is 204 g/mol. The summed E-state index contributed by atoms with van der Waals surface area (Å²) in [6.45, 7) is 6.28. The van der Waals surface area contributed by atoms with Gasteiger partial charge in [0.25, 0.3) is 0 Å². The first kappa shape index (κ1) is 10.7. The summed E-state index contributed by atoms with van der Waals surface area (Å²) in [7, 11) is 0. The standard InChI is InChI=1S/C13H14O3/c1-8-3-4-10-11(6-13(14)15)9(2)7-16-12(10)5-8/h3-5,11H,2,6-7H2,1H3,(H,14,15). The average Bonchev–Trinajstić information content (AvgIpc) is 2.22. The van der Waals surface area contributed by atoms with Crippen LogP contribution in [0.2, 0.25) is 0 Å². The number of hydrogen-bond donors (Lipinski definition) is 1. The third-order valence-electron chi connectivity index (χ3n) is 2.83. The monoisotopic (exact) mass is 218 g/mol. The summed E-state index contributed by atoms with van der Waals surface area (Å²) in [5.74, 6) is -0.139. The minimum absolute atomic E-state index is 0.0816. The fourth-order valence-corrected chi connectivity index (χ4v) is 1.97. The Morgan fingerprint density at radius 1 is 1.62 bits per heavy atom. The van der Waals surface area contributed by atoms with Crippen molar-refractivity contribution in [3.8, 4) is 5.75 Å². The molecule has 0 saturated carbocycles. The summed E-state index contributed by atoms with van der Waals surface area (Å²) in [5.41, 5.74) is 2.88. The van der Waals surface area contributed by atoms with Crippen LogP contribution in [0.15, 0.2) is 30.4 Å². The van der Waals surface area contributed by atoms with Gasteiger partial charge in [0.05, 0.1) is 6.42 Å². The maximum absolute atomic E-state index is 10.8. The molecule has 0 amide bonds. The molecule has 1 atom stereocenters. The van der Waals surface area contributed by atoms with Gasteiger partial charge in [-0.2, -0.15) is 0 Å². The second-order valence-electron chi connectivity index (χ2n) is 4.14. The molecule has 84 valence electrons. The molecule has 16 heavy (non-hydrogen) atoms. The number of rotatable bonds is 2. The Hall–Kier alpha value is -1.77. The third-order valence-corrected chi connectivity index (χ3v) is 2.83. The fourth-order valence-electron chi connectivity index (χ4n) is 1.97. The number of benzene rings is 1. The van der Waals surface area contributed by atoms with Crippen LogP contribution in [0.25, 0.3) is 0 Å². The summed E-state index contributed by atoms with van der Waals surface area (Å²) in [5, 5.41) is 8.88. The van der Waals surface area contributed by atoms with E-state index in [0.717, 1.165) is 22.4 Å². The zero-order valence-electron chi connectivity index (χ0n) is 9.19. The molecule has 0 aliphatic carbocycles. The summed E-state index contributed by atoms with van der Waals surface area (Å²) in [4.78, 5) is 10.8. The molecule has 1 aliphatic rings. The summed E-state index contributed by atoms with van der Waals surface area (Å²) < 4.78 is 5.54. The lowest BCUT2D eigenvalue weighted by Gasteiger charge is -2.27. The van der Waals surface area contributed by atoms with E-state index in [4.69, 9.17) is 9.84 Å². The van der Waals surface area contributed by atoms with E-state index in [0.29, 0.717) is 6.61 Å². The highest BCUT2D eigenvalue weighted by Gasteiger charge is 2.26. The van der Waals surface area contributed by atoms with Gasteiger partial charge in [-0.25, -0.2) is 0 Å². The highest BCUT2D eigenvalue weighted by molar-refractivity contribution is 5.69. The number of carboxylic acids is 1. The third kappa shape index (κ3) is 1.94. The number of carboxylic acid groups (broad SMARTS) is 1. The van der Waals surface area contributed by atoms with Crippen LogP contribution in [0.5, 0.6) is 5.75 Å². The molecule has 3 nitrogen and oxygen atoms in total. The molecule has 0 aromatic heterocycles. The molecular formula is C13H14O3. The number of ether oxygens (including phenoxy) is 1. The quantitative estimate of drug-likeness (QED) is 0.776. The van der Waals surface area contributed by atoms with Crippen molar-refractivity contribution in [2.75, 3.05) is 6.61 Å². The Kier molecular flexibility index (Phi) is 2.69. The van der Waals surface area contributed by atoms with Gasteiger partial charge < -0.3 is 9.84 Å². The van der Waals surface area contributed by atoms with Gasteiger partial charge in [0, 0.05) is 11.5 Å². The topological polar surface area (TPSA) is 46.5 Å². The Morgan fingerprint density at radius 3 is 3.06 bits per heavy atom. The number of carbonyl (C=O) groups is 1. The number of aryl methyl sites for hydroxylation is 1. The summed E-state index contributed by atoms with van der Waals surface area (Å²) >= 11 is 0. The van der Waals surface area contributed by atoms with Gasteiger partial charge in [-0.3, -0.25) is 4.79 Å². The van der Waals surface area contributed by atoms with Crippen LogP contribution in [-0.4, -0.2) is 17.7 Å². The zero-order chi connectivity index (χ0) is 11.7. The molecule has 1 N–H and O–H groups in total. The molecule has 0 fully saturated rings. The van der Waals surface area contributed by atoms with E-state index >= 15 is 0 Å². The first-order valence-corrected chi connectivity index (χ1v) is 5.20. The van der Waals surface area contributed by atoms with Crippen molar-refractivity contribution in [1.29, 1.82) is 0 Å². The van der Waals surface area contributed by atoms with Crippen LogP contribution in [0.1, 0.15) is 23.5 Å². The Balaban J connectivity index is 2.40. The van der Waals surface area contributed by atoms with Crippen molar-refractivity contribution in [3.63, 3.8) is 0 Å². The molecule has 1 aromatic carbocycles. The van der Waals surface area contributed by atoms with Gasteiger partial charge in [-0.1, -0.05) is 18.7 Å². The van der Waals surface area contributed by atoms with Crippen molar-refractivity contribution < 1.29 is 14.6 Å². The Labute approximate surface area is 94.4 Å². The molecule has 1 aliphatic heterocycles. The molecule has 1 aromatic rings. The molecule has 0 spiro atoms. The van der Waals surface area contributed by atoms with Crippen LogP contribution >= 0.6 is 0 Å². The Morgan fingerprint density at radius 2 is 2.38 bits per heavy atom. The highest BCUT2D eigenvalue weighted by Crippen LogP contribution is 2.38. The van der Waals surface area contributed by atoms with E-state index < -0.39 is 5.97 Å². The van der Waals surface area contributed by atoms with Crippen LogP contribution in [0.3, 0.4) is 0 Å². The van der Waals surface area contributed by atoms with Gasteiger partial charge >= 0.3 is 5.97 Å². The van der Waals surface area contributed by atoms with Crippen molar-refractivity contribution in [2.24, 2.45) is 0 Å². The van der Waals surface area contributed by atoms with Gasteiger partial charge in [-0.15, -0.1) is 0 Å². The fraction of sp³-hybridized carbons (Fsp3) is 0.308. The molecule has 0 bridgehead atoms. The normalized spacial score (nSPS) is 18.8. The van der Waals surface area contributed by atoms with E-state index in [1.54, 1.807) is 0 Å².